The van der Waals surface area contributed by atoms with Crippen LogP contribution in [0.5, 0.6) is 0 Å². The molecule has 8 heteroatoms. The zero-order valence-corrected chi connectivity index (χ0v) is 10.1. The van der Waals surface area contributed by atoms with Crippen molar-refractivity contribution < 1.29 is 23.2 Å². The van der Waals surface area contributed by atoms with Crippen molar-refractivity contribution in [3.8, 4) is 0 Å². The first-order valence-corrected chi connectivity index (χ1v) is 5.48. The van der Waals surface area contributed by atoms with Crippen LogP contribution in [-0.4, -0.2) is 29.3 Å². The van der Waals surface area contributed by atoms with Gasteiger partial charge in [0.2, 0.25) is 0 Å². The number of nitro groups is 1. The van der Waals surface area contributed by atoms with Crippen LogP contribution in [0.4, 0.5) is 24.5 Å². The minimum Gasteiger partial charge on any atom is -0.392 e. The predicted molar refractivity (Wildman–Crippen MR) is 63.0 cm³/mol. The number of hydrogen-bond donors (Lipinski definition) is 1. The molecule has 0 bridgehead atoms. The Balaban J connectivity index is 3.19. The Morgan fingerprint density at radius 1 is 1.42 bits per heavy atom. The summed E-state index contributed by atoms with van der Waals surface area (Å²) in [5.41, 5.74) is -0.279. The van der Waals surface area contributed by atoms with Crippen molar-refractivity contribution in [1.29, 1.82) is 0 Å². The molecule has 0 atom stereocenters. The number of anilines is 1. The minimum atomic E-state index is -4.44. The van der Waals surface area contributed by atoms with Crippen molar-refractivity contribution in [3.05, 3.63) is 33.9 Å². The number of nitrogens with zero attached hydrogens (tertiary/aromatic N) is 2. The van der Waals surface area contributed by atoms with Crippen LogP contribution in [0.3, 0.4) is 0 Å². The normalized spacial score (nSPS) is 11.4. The van der Waals surface area contributed by atoms with Gasteiger partial charge in [0.25, 0.3) is 5.69 Å². The lowest BCUT2D eigenvalue weighted by atomic mass is 10.1. The molecule has 0 aliphatic rings. The highest BCUT2D eigenvalue weighted by Gasteiger charge is 2.32. The maximum Gasteiger partial charge on any atom is 0.405 e. The number of rotatable bonds is 5. The van der Waals surface area contributed by atoms with E-state index in [2.05, 4.69) is 0 Å². The molecule has 0 aliphatic heterocycles. The van der Waals surface area contributed by atoms with E-state index in [0.717, 1.165) is 11.0 Å². The third-order valence-electron chi connectivity index (χ3n) is 2.51. The summed E-state index contributed by atoms with van der Waals surface area (Å²) in [6.45, 7) is -0.205. The maximum atomic E-state index is 12.4. The first kappa shape index (κ1) is 15.2. The van der Waals surface area contributed by atoms with Crippen molar-refractivity contribution in [2.24, 2.45) is 0 Å². The van der Waals surface area contributed by atoms with Gasteiger partial charge in [-0.15, -0.1) is 0 Å². The van der Waals surface area contributed by atoms with E-state index >= 15 is 0 Å². The number of halogens is 3. The van der Waals surface area contributed by atoms with Crippen LogP contribution in [-0.2, 0) is 6.61 Å². The number of benzene rings is 1. The number of aliphatic hydroxyl groups excluding tert-OH is 1. The lowest BCUT2D eigenvalue weighted by Gasteiger charge is -2.24. The molecule has 0 saturated carbocycles. The average Bonchev–Trinajstić information content (AvgIpc) is 2.34. The van der Waals surface area contributed by atoms with Gasteiger partial charge in [-0.2, -0.15) is 13.2 Å². The fourth-order valence-electron chi connectivity index (χ4n) is 1.66. The molecule has 0 radical (unpaired) electrons. The van der Waals surface area contributed by atoms with Gasteiger partial charge in [-0.05, 0) is 18.6 Å². The third kappa shape index (κ3) is 4.09. The van der Waals surface area contributed by atoms with Crippen LogP contribution in [0.15, 0.2) is 18.2 Å². The second-order valence-electron chi connectivity index (χ2n) is 3.87. The first-order valence-electron chi connectivity index (χ1n) is 5.48. The lowest BCUT2D eigenvalue weighted by Crippen LogP contribution is -2.34. The largest absolute Gasteiger partial charge is 0.405 e. The van der Waals surface area contributed by atoms with E-state index in [1.807, 2.05) is 0 Å². The second kappa shape index (κ2) is 5.87. The summed E-state index contributed by atoms with van der Waals surface area (Å²) in [6.07, 6.45) is -4.44. The van der Waals surface area contributed by atoms with E-state index in [1.54, 1.807) is 0 Å². The van der Waals surface area contributed by atoms with E-state index in [-0.39, 0.29) is 17.8 Å². The molecule has 0 spiro atoms. The van der Waals surface area contributed by atoms with Crippen molar-refractivity contribution in [2.45, 2.75) is 19.7 Å². The highest BCUT2D eigenvalue weighted by atomic mass is 19.4. The summed E-state index contributed by atoms with van der Waals surface area (Å²) in [7, 11) is 0. The number of aliphatic hydroxyl groups is 1. The van der Waals surface area contributed by atoms with Crippen LogP contribution in [0, 0.1) is 10.1 Å². The average molecular weight is 278 g/mol. The van der Waals surface area contributed by atoms with Crippen LogP contribution in [0.25, 0.3) is 0 Å². The van der Waals surface area contributed by atoms with Crippen molar-refractivity contribution >= 4 is 11.4 Å². The molecule has 0 aromatic heterocycles. The van der Waals surface area contributed by atoms with Gasteiger partial charge < -0.3 is 10.0 Å². The molecule has 0 amide bonds. The highest BCUT2D eigenvalue weighted by molar-refractivity contribution is 5.64. The summed E-state index contributed by atoms with van der Waals surface area (Å²) in [5.74, 6) is 0. The number of alkyl halides is 3. The Labute approximate surface area is 107 Å². The van der Waals surface area contributed by atoms with Crippen LogP contribution in [0.2, 0.25) is 0 Å². The highest BCUT2D eigenvalue weighted by Crippen LogP contribution is 2.31. The number of nitro benzene ring substituents is 1. The summed E-state index contributed by atoms with van der Waals surface area (Å²) >= 11 is 0. The van der Waals surface area contributed by atoms with E-state index in [9.17, 15) is 23.3 Å². The van der Waals surface area contributed by atoms with Gasteiger partial charge in [0.15, 0.2) is 0 Å². The fourth-order valence-corrected chi connectivity index (χ4v) is 1.66. The second-order valence-corrected chi connectivity index (χ2v) is 3.87. The summed E-state index contributed by atoms with van der Waals surface area (Å²) in [4.78, 5) is 11.0. The van der Waals surface area contributed by atoms with Gasteiger partial charge in [-0.3, -0.25) is 10.1 Å². The molecule has 5 nitrogen and oxygen atoms in total. The molecular formula is C11H13F3N2O3. The van der Waals surface area contributed by atoms with E-state index in [4.69, 9.17) is 5.11 Å². The maximum absolute atomic E-state index is 12.4. The smallest absolute Gasteiger partial charge is 0.392 e. The molecule has 1 N–H and O–H groups in total. The van der Waals surface area contributed by atoms with Crippen molar-refractivity contribution in [2.75, 3.05) is 18.0 Å². The molecule has 19 heavy (non-hydrogen) atoms. The van der Waals surface area contributed by atoms with Gasteiger partial charge in [-0.1, -0.05) is 6.07 Å². The van der Waals surface area contributed by atoms with Crippen molar-refractivity contribution in [1.82, 2.24) is 0 Å². The van der Waals surface area contributed by atoms with Crippen molar-refractivity contribution in [3.63, 3.8) is 0 Å². The van der Waals surface area contributed by atoms with Gasteiger partial charge >= 0.3 is 6.18 Å². The lowest BCUT2D eigenvalue weighted by molar-refractivity contribution is -0.384. The van der Waals surface area contributed by atoms with Gasteiger partial charge in [0, 0.05) is 12.6 Å². The first-order chi connectivity index (χ1) is 8.78. The Hall–Kier alpha value is -1.83. The van der Waals surface area contributed by atoms with Crippen LogP contribution in [0.1, 0.15) is 12.5 Å². The molecule has 0 fully saturated rings. The summed E-state index contributed by atoms with van der Waals surface area (Å²) < 4.78 is 37.2. The Bertz CT molecular complexity index is 463. The minimum absolute atomic E-state index is 0.0151. The Morgan fingerprint density at radius 2 is 2.05 bits per heavy atom. The fraction of sp³-hybridized carbons (Fsp3) is 0.455. The molecule has 0 unspecified atom stereocenters. The Morgan fingerprint density at radius 3 is 2.47 bits per heavy atom. The quantitative estimate of drug-likeness (QED) is 0.663. The van der Waals surface area contributed by atoms with Crippen LogP contribution < -0.4 is 4.90 Å². The van der Waals surface area contributed by atoms with Gasteiger partial charge in [0.05, 0.1) is 11.5 Å². The molecular weight excluding hydrogens is 265 g/mol. The summed E-state index contributed by atoms with van der Waals surface area (Å²) in [6, 6.07) is 3.66. The molecule has 0 aliphatic carbocycles. The standard InChI is InChI=1S/C11H13F3N2O3/c1-2-15(7-11(12,13)14)9-4-3-8(6-17)5-10(9)16(18)19/h3-5,17H,2,6-7H2,1H3. The molecule has 1 aromatic rings. The van der Waals surface area contributed by atoms with Crippen LogP contribution >= 0.6 is 0 Å². The Kier molecular flexibility index (Phi) is 4.71. The van der Waals surface area contributed by atoms with E-state index in [0.29, 0.717) is 0 Å². The van der Waals surface area contributed by atoms with Gasteiger partial charge in [0.1, 0.15) is 12.2 Å². The predicted octanol–water partition coefficient (Wildman–Crippen LogP) is 2.48. The molecule has 1 aromatic carbocycles. The molecule has 106 valence electrons. The monoisotopic (exact) mass is 278 g/mol. The van der Waals surface area contributed by atoms with E-state index in [1.165, 1.54) is 19.1 Å². The third-order valence-corrected chi connectivity index (χ3v) is 2.51. The molecule has 0 heterocycles. The molecule has 1 rings (SSSR count). The SMILES string of the molecule is CCN(CC(F)(F)F)c1ccc(CO)cc1[N+](=O)[O-]. The molecule has 0 saturated heterocycles. The zero-order valence-electron chi connectivity index (χ0n) is 10.1. The zero-order chi connectivity index (χ0) is 14.6. The van der Waals surface area contributed by atoms with E-state index < -0.39 is 29.9 Å². The topological polar surface area (TPSA) is 66.6 Å². The summed E-state index contributed by atoms with van der Waals surface area (Å²) in [5, 5.41) is 19.8. The van der Waals surface area contributed by atoms with Gasteiger partial charge in [-0.25, -0.2) is 0 Å². The number of hydrogen-bond acceptors (Lipinski definition) is 4.